The van der Waals surface area contributed by atoms with Crippen molar-refractivity contribution < 1.29 is 9.59 Å². The van der Waals surface area contributed by atoms with Gasteiger partial charge in [-0.25, -0.2) is 0 Å². The van der Waals surface area contributed by atoms with E-state index < -0.39 is 6.04 Å². The molecule has 0 radical (unpaired) electrons. The minimum atomic E-state index is -0.521. The zero-order chi connectivity index (χ0) is 16.2. The third-order valence-corrected chi connectivity index (χ3v) is 4.93. The highest BCUT2D eigenvalue weighted by Gasteiger charge is 2.36. The number of carbonyl (C=O) groups is 2. The summed E-state index contributed by atoms with van der Waals surface area (Å²) in [5, 5.41) is 4.97. The lowest BCUT2D eigenvalue weighted by atomic mass is 9.91. The Morgan fingerprint density at radius 3 is 2.87 bits per heavy atom. The molecule has 0 unspecified atom stereocenters. The van der Waals surface area contributed by atoms with E-state index in [2.05, 4.69) is 5.32 Å². The third kappa shape index (κ3) is 3.29. The molecule has 0 spiro atoms. The molecule has 0 saturated heterocycles. The predicted octanol–water partition coefficient (Wildman–Crippen LogP) is 2.90. The van der Waals surface area contributed by atoms with Crippen molar-refractivity contribution in [2.75, 3.05) is 6.54 Å². The molecule has 2 heterocycles. The number of nitrogens with zero attached hydrogens (tertiary/aromatic N) is 1. The molecule has 0 aliphatic carbocycles. The van der Waals surface area contributed by atoms with Gasteiger partial charge in [0.2, 0.25) is 11.8 Å². The summed E-state index contributed by atoms with van der Waals surface area (Å²) in [4.78, 5) is 28.1. The first-order valence-electron chi connectivity index (χ1n) is 7.88. The van der Waals surface area contributed by atoms with Crippen molar-refractivity contribution in [2.45, 2.75) is 32.4 Å². The number of nitrogens with one attached hydrogen (secondary N) is 1. The zero-order valence-corrected chi connectivity index (χ0v) is 13.9. The first-order valence-corrected chi connectivity index (χ1v) is 8.76. The molecule has 5 heteroatoms. The van der Waals surface area contributed by atoms with Crippen molar-refractivity contribution >= 4 is 23.2 Å². The van der Waals surface area contributed by atoms with Crippen LogP contribution in [-0.2, 0) is 22.6 Å². The van der Waals surface area contributed by atoms with Gasteiger partial charge in [0.25, 0.3) is 0 Å². The van der Waals surface area contributed by atoms with Crippen LogP contribution >= 0.6 is 11.3 Å². The summed E-state index contributed by atoms with van der Waals surface area (Å²) in [6.07, 6.45) is 1.22. The summed E-state index contributed by atoms with van der Waals surface area (Å²) in [5.74, 6) is -0.0748. The third-order valence-electron chi connectivity index (χ3n) is 4.05. The molecule has 1 aromatic carbocycles. The van der Waals surface area contributed by atoms with Crippen molar-refractivity contribution in [3.8, 4) is 0 Å². The minimum Gasteiger partial charge on any atom is -0.349 e. The fraction of sp³-hybridized carbons (Fsp3) is 0.333. The maximum Gasteiger partial charge on any atom is 0.247 e. The summed E-state index contributed by atoms with van der Waals surface area (Å²) in [6.45, 7) is 3.13. The van der Waals surface area contributed by atoms with E-state index >= 15 is 0 Å². The summed E-state index contributed by atoms with van der Waals surface area (Å²) in [7, 11) is 0. The van der Waals surface area contributed by atoms with Crippen molar-refractivity contribution in [1.82, 2.24) is 10.2 Å². The van der Waals surface area contributed by atoms with Gasteiger partial charge >= 0.3 is 0 Å². The van der Waals surface area contributed by atoms with Crippen LogP contribution in [0.2, 0.25) is 0 Å². The minimum absolute atomic E-state index is 0.0295. The maximum atomic E-state index is 12.8. The Balaban J connectivity index is 1.85. The van der Waals surface area contributed by atoms with Gasteiger partial charge in [-0.1, -0.05) is 37.3 Å². The summed E-state index contributed by atoms with van der Waals surface area (Å²) in [5.41, 5.74) is 1.91. The molecule has 23 heavy (non-hydrogen) atoms. The SMILES string of the molecule is CCCN1C(=O)Cc2ccccc2[C@H]1C(=O)NCc1cccs1. The van der Waals surface area contributed by atoms with Crippen LogP contribution in [0.25, 0.3) is 0 Å². The molecule has 1 aliphatic heterocycles. The number of rotatable bonds is 5. The molecule has 1 aromatic heterocycles. The molecular weight excluding hydrogens is 308 g/mol. The number of thiophene rings is 1. The van der Waals surface area contributed by atoms with Crippen LogP contribution in [0, 0.1) is 0 Å². The van der Waals surface area contributed by atoms with Crippen molar-refractivity contribution in [2.24, 2.45) is 0 Å². The van der Waals surface area contributed by atoms with Gasteiger partial charge in [0.1, 0.15) is 6.04 Å². The van der Waals surface area contributed by atoms with E-state index in [0.29, 0.717) is 19.5 Å². The number of hydrogen-bond acceptors (Lipinski definition) is 3. The fourth-order valence-electron chi connectivity index (χ4n) is 3.00. The van der Waals surface area contributed by atoms with Gasteiger partial charge in [0.05, 0.1) is 13.0 Å². The van der Waals surface area contributed by atoms with Gasteiger partial charge in [-0.2, -0.15) is 0 Å². The molecule has 1 N–H and O–H groups in total. The summed E-state index contributed by atoms with van der Waals surface area (Å²) >= 11 is 1.61. The highest BCUT2D eigenvalue weighted by Crippen LogP contribution is 2.30. The number of benzene rings is 1. The van der Waals surface area contributed by atoms with E-state index in [1.165, 1.54) is 0 Å². The molecule has 120 valence electrons. The quantitative estimate of drug-likeness (QED) is 0.917. The standard InChI is InChI=1S/C18H20N2O2S/c1-2-9-20-16(21)11-13-6-3-4-8-15(13)17(20)18(22)19-12-14-7-5-10-23-14/h3-8,10,17H,2,9,11-12H2,1H3,(H,19,22)/t17-/m0/s1. The van der Waals surface area contributed by atoms with Gasteiger partial charge in [-0.05, 0) is 29.0 Å². The lowest BCUT2D eigenvalue weighted by Gasteiger charge is -2.36. The Bertz CT molecular complexity index is 697. The van der Waals surface area contributed by atoms with Gasteiger partial charge in [0.15, 0.2) is 0 Å². The van der Waals surface area contributed by atoms with Crippen molar-refractivity contribution in [3.63, 3.8) is 0 Å². The highest BCUT2D eigenvalue weighted by atomic mass is 32.1. The summed E-state index contributed by atoms with van der Waals surface area (Å²) in [6, 6.07) is 11.2. The molecule has 1 atom stereocenters. The Morgan fingerprint density at radius 2 is 2.13 bits per heavy atom. The Hall–Kier alpha value is -2.14. The van der Waals surface area contributed by atoms with Crippen LogP contribution in [0.1, 0.15) is 35.4 Å². The van der Waals surface area contributed by atoms with Crippen molar-refractivity contribution in [1.29, 1.82) is 0 Å². The Kier molecular flexibility index (Phi) is 4.76. The van der Waals surface area contributed by atoms with Crippen LogP contribution in [0.4, 0.5) is 0 Å². The molecule has 0 fully saturated rings. The molecule has 0 saturated carbocycles. The average Bonchev–Trinajstić information content (AvgIpc) is 3.07. The number of fused-ring (bicyclic) bond motifs is 1. The molecule has 2 amide bonds. The van der Waals surface area contributed by atoms with E-state index in [9.17, 15) is 9.59 Å². The predicted molar refractivity (Wildman–Crippen MR) is 91.1 cm³/mol. The first kappa shape index (κ1) is 15.7. The largest absolute Gasteiger partial charge is 0.349 e. The van der Waals surface area contributed by atoms with E-state index in [1.807, 2.05) is 48.7 Å². The molecule has 4 nitrogen and oxygen atoms in total. The Labute approximate surface area is 140 Å². The molecule has 3 rings (SSSR count). The Morgan fingerprint density at radius 1 is 1.30 bits per heavy atom. The van der Waals surface area contributed by atoms with Gasteiger partial charge in [-0.3, -0.25) is 9.59 Å². The highest BCUT2D eigenvalue weighted by molar-refractivity contribution is 7.09. The zero-order valence-electron chi connectivity index (χ0n) is 13.1. The van der Waals surface area contributed by atoms with Crippen LogP contribution in [0.5, 0.6) is 0 Å². The first-order chi connectivity index (χ1) is 11.2. The van der Waals surface area contributed by atoms with Gasteiger partial charge in [-0.15, -0.1) is 11.3 Å². The second-order valence-electron chi connectivity index (χ2n) is 5.66. The monoisotopic (exact) mass is 328 g/mol. The fourth-order valence-corrected chi connectivity index (χ4v) is 3.64. The maximum absolute atomic E-state index is 12.8. The van der Waals surface area contributed by atoms with E-state index in [1.54, 1.807) is 16.2 Å². The number of carbonyl (C=O) groups excluding carboxylic acids is 2. The molecule has 2 aromatic rings. The second-order valence-corrected chi connectivity index (χ2v) is 6.69. The van der Waals surface area contributed by atoms with E-state index in [-0.39, 0.29) is 11.8 Å². The summed E-state index contributed by atoms with van der Waals surface area (Å²) < 4.78 is 0. The lowest BCUT2D eigenvalue weighted by molar-refractivity contribution is -0.141. The van der Waals surface area contributed by atoms with E-state index in [0.717, 1.165) is 22.4 Å². The lowest BCUT2D eigenvalue weighted by Crippen LogP contribution is -2.47. The molecule has 0 bridgehead atoms. The van der Waals surface area contributed by atoms with Crippen LogP contribution in [-0.4, -0.2) is 23.3 Å². The number of amides is 2. The second kappa shape index (κ2) is 6.96. The normalized spacial score (nSPS) is 17.0. The van der Waals surface area contributed by atoms with Crippen LogP contribution in [0.3, 0.4) is 0 Å². The van der Waals surface area contributed by atoms with Gasteiger partial charge < -0.3 is 10.2 Å². The van der Waals surface area contributed by atoms with E-state index in [4.69, 9.17) is 0 Å². The average molecular weight is 328 g/mol. The van der Waals surface area contributed by atoms with Crippen LogP contribution < -0.4 is 5.32 Å². The van der Waals surface area contributed by atoms with Gasteiger partial charge in [0, 0.05) is 11.4 Å². The molecular formula is C18H20N2O2S. The smallest absolute Gasteiger partial charge is 0.247 e. The number of hydrogen-bond donors (Lipinski definition) is 1. The van der Waals surface area contributed by atoms with Crippen LogP contribution in [0.15, 0.2) is 41.8 Å². The topological polar surface area (TPSA) is 49.4 Å². The van der Waals surface area contributed by atoms with Crippen molar-refractivity contribution in [3.05, 3.63) is 57.8 Å². The molecule has 1 aliphatic rings.